The zero-order valence-electron chi connectivity index (χ0n) is 15.6. The molecule has 134 valence electrons. The van der Waals surface area contributed by atoms with Gasteiger partial charge in [-0.15, -0.1) is 0 Å². The number of hydrogen-bond acceptors (Lipinski definition) is 6. The smallest absolute Gasteiger partial charge is 0.221 e. The van der Waals surface area contributed by atoms with Crippen LogP contribution in [0.3, 0.4) is 0 Å². The van der Waals surface area contributed by atoms with E-state index >= 15 is 0 Å². The van der Waals surface area contributed by atoms with E-state index < -0.39 is 0 Å². The lowest BCUT2D eigenvalue weighted by atomic mass is 10.0. The van der Waals surface area contributed by atoms with Crippen LogP contribution in [0.25, 0.3) is 22.5 Å². The summed E-state index contributed by atoms with van der Waals surface area (Å²) in [6.45, 7) is 0. The fourth-order valence-corrected chi connectivity index (χ4v) is 2.76. The van der Waals surface area contributed by atoms with E-state index in [4.69, 9.17) is 11.5 Å². The first-order chi connectivity index (χ1) is 12.4. The summed E-state index contributed by atoms with van der Waals surface area (Å²) in [4.78, 5) is 12.8. The molecule has 0 saturated heterocycles. The van der Waals surface area contributed by atoms with Crippen molar-refractivity contribution in [3.8, 4) is 22.5 Å². The number of nitrogens with two attached hydrogens (primary N) is 2. The summed E-state index contributed by atoms with van der Waals surface area (Å²) < 4.78 is 0. The van der Waals surface area contributed by atoms with Gasteiger partial charge in [0.25, 0.3) is 0 Å². The first-order valence-electron chi connectivity index (χ1n) is 8.35. The Morgan fingerprint density at radius 2 is 0.962 bits per heavy atom. The van der Waals surface area contributed by atoms with Crippen molar-refractivity contribution in [1.29, 1.82) is 0 Å². The fourth-order valence-electron chi connectivity index (χ4n) is 2.76. The van der Waals surface area contributed by atoms with Crippen LogP contribution < -0.4 is 21.3 Å². The largest absolute Gasteiger partial charge is 0.395 e. The number of nitrogens with zero attached hydrogens (tertiary/aromatic N) is 4. The van der Waals surface area contributed by atoms with E-state index in [9.17, 15) is 0 Å². The molecule has 0 aliphatic heterocycles. The Morgan fingerprint density at radius 1 is 0.615 bits per heavy atom. The monoisotopic (exact) mass is 348 g/mol. The van der Waals surface area contributed by atoms with Gasteiger partial charge >= 0.3 is 0 Å². The minimum atomic E-state index is 0.206. The van der Waals surface area contributed by atoms with Crippen molar-refractivity contribution < 1.29 is 0 Å². The van der Waals surface area contributed by atoms with Gasteiger partial charge in [0, 0.05) is 50.7 Å². The average molecular weight is 348 g/mol. The van der Waals surface area contributed by atoms with Crippen LogP contribution in [0.5, 0.6) is 0 Å². The predicted octanol–water partition coefficient (Wildman–Crippen LogP) is 3.11. The summed E-state index contributed by atoms with van der Waals surface area (Å²) in [5.74, 6) is 0.206. The molecule has 0 unspecified atom stereocenters. The molecule has 0 bridgehead atoms. The molecule has 0 aliphatic carbocycles. The number of nitrogen functional groups attached to an aromatic ring is 2. The number of hydrogen-bond donors (Lipinski definition) is 2. The summed E-state index contributed by atoms with van der Waals surface area (Å²) in [6.07, 6.45) is 0. The van der Waals surface area contributed by atoms with Gasteiger partial charge in [0.15, 0.2) is 0 Å². The van der Waals surface area contributed by atoms with Crippen LogP contribution in [0.2, 0.25) is 0 Å². The first kappa shape index (κ1) is 17.5. The highest BCUT2D eigenvalue weighted by Crippen LogP contribution is 2.34. The molecule has 3 aromatic rings. The highest BCUT2D eigenvalue weighted by Gasteiger charge is 2.14. The van der Waals surface area contributed by atoms with Gasteiger partial charge in [0.1, 0.15) is 0 Å². The maximum Gasteiger partial charge on any atom is 0.221 e. The first-order valence-corrected chi connectivity index (χ1v) is 8.35. The lowest BCUT2D eigenvalue weighted by molar-refractivity contribution is 1.13. The lowest BCUT2D eigenvalue weighted by Crippen LogP contribution is -2.09. The molecule has 0 fully saturated rings. The highest BCUT2D eigenvalue weighted by atomic mass is 15.1. The molecule has 4 N–H and O–H groups in total. The summed E-state index contributed by atoms with van der Waals surface area (Å²) in [5, 5.41) is 0. The average Bonchev–Trinajstić information content (AvgIpc) is 2.63. The van der Waals surface area contributed by atoms with Crippen molar-refractivity contribution in [3.05, 3.63) is 48.5 Å². The maximum atomic E-state index is 6.41. The second kappa shape index (κ2) is 6.92. The van der Waals surface area contributed by atoms with Crippen molar-refractivity contribution in [3.63, 3.8) is 0 Å². The molecular weight excluding hydrogens is 324 g/mol. The lowest BCUT2D eigenvalue weighted by Gasteiger charge is -2.15. The van der Waals surface area contributed by atoms with Crippen LogP contribution in [0.4, 0.5) is 23.0 Å². The van der Waals surface area contributed by atoms with E-state index in [0.717, 1.165) is 22.5 Å². The van der Waals surface area contributed by atoms with Crippen molar-refractivity contribution in [2.45, 2.75) is 0 Å². The number of aromatic nitrogens is 2. The Morgan fingerprint density at radius 3 is 1.27 bits per heavy atom. The van der Waals surface area contributed by atoms with Crippen molar-refractivity contribution in [2.75, 3.05) is 49.5 Å². The quantitative estimate of drug-likeness (QED) is 0.754. The molecule has 26 heavy (non-hydrogen) atoms. The van der Waals surface area contributed by atoms with E-state index in [0.29, 0.717) is 17.1 Å². The predicted molar refractivity (Wildman–Crippen MR) is 110 cm³/mol. The van der Waals surface area contributed by atoms with E-state index in [1.54, 1.807) is 0 Å². The molecule has 3 rings (SSSR count). The normalized spacial score (nSPS) is 10.6. The Balaban J connectivity index is 2.06. The molecule has 1 aromatic heterocycles. The summed E-state index contributed by atoms with van der Waals surface area (Å²) in [7, 11) is 8.01. The standard InChI is InChI=1S/C20H24N6/c1-25(2)15-9-5-13(6-10-15)18-17(21)19(24-20(22)23-18)14-7-11-16(12-8-14)26(3)4/h5-12H,21H2,1-4H3,(H2,22,23,24). The summed E-state index contributed by atoms with van der Waals surface area (Å²) >= 11 is 0. The van der Waals surface area contributed by atoms with Crippen LogP contribution in [-0.2, 0) is 0 Å². The van der Waals surface area contributed by atoms with Crippen LogP contribution in [0, 0.1) is 0 Å². The molecule has 0 spiro atoms. The number of rotatable bonds is 4. The van der Waals surface area contributed by atoms with Gasteiger partial charge in [0.2, 0.25) is 5.95 Å². The molecule has 0 amide bonds. The van der Waals surface area contributed by atoms with Gasteiger partial charge in [-0.1, -0.05) is 24.3 Å². The third-order valence-corrected chi connectivity index (χ3v) is 4.28. The minimum Gasteiger partial charge on any atom is -0.395 e. The number of benzene rings is 2. The van der Waals surface area contributed by atoms with Gasteiger partial charge in [-0.2, -0.15) is 0 Å². The second-order valence-electron chi connectivity index (χ2n) is 6.58. The van der Waals surface area contributed by atoms with Crippen molar-refractivity contribution in [2.24, 2.45) is 0 Å². The van der Waals surface area contributed by atoms with E-state index in [2.05, 4.69) is 9.97 Å². The van der Waals surface area contributed by atoms with Gasteiger partial charge in [-0.3, -0.25) is 0 Å². The van der Waals surface area contributed by atoms with E-state index in [1.165, 1.54) is 0 Å². The zero-order valence-corrected chi connectivity index (χ0v) is 15.6. The summed E-state index contributed by atoms with van der Waals surface area (Å²) in [6, 6.07) is 16.1. The molecular formula is C20H24N6. The third kappa shape index (κ3) is 3.39. The summed E-state index contributed by atoms with van der Waals surface area (Å²) in [5.41, 5.74) is 18.2. The van der Waals surface area contributed by atoms with Gasteiger partial charge in [-0.05, 0) is 24.3 Å². The van der Waals surface area contributed by atoms with Crippen molar-refractivity contribution in [1.82, 2.24) is 9.97 Å². The minimum absolute atomic E-state index is 0.206. The van der Waals surface area contributed by atoms with Gasteiger partial charge in [-0.25, -0.2) is 9.97 Å². The molecule has 0 saturated carbocycles. The second-order valence-corrected chi connectivity index (χ2v) is 6.58. The van der Waals surface area contributed by atoms with Crippen LogP contribution in [0.1, 0.15) is 0 Å². The van der Waals surface area contributed by atoms with Crippen LogP contribution in [0.15, 0.2) is 48.5 Å². The van der Waals surface area contributed by atoms with Gasteiger partial charge in [0.05, 0.1) is 17.1 Å². The molecule has 2 aromatic carbocycles. The Labute approximate surface area is 154 Å². The zero-order chi connectivity index (χ0) is 18.8. The van der Waals surface area contributed by atoms with Crippen molar-refractivity contribution >= 4 is 23.0 Å². The molecule has 6 nitrogen and oxygen atoms in total. The Bertz CT molecular complexity index is 826. The molecule has 0 atom stereocenters. The molecule has 0 aliphatic rings. The topological polar surface area (TPSA) is 84.3 Å². The van der Waals surface area contributed by atoms with E-state index in [1.807, 2.05) is 86.5 Å². The molecule has 1 heterocycles. The Kier molecular flexibility index (Phi) is 4.67. The molecule has 0 radical (unpaired) electrons. The number of anilines is 4. The van der Waals surface area contributed by atoms with Gasteiger partial charge < -0.3 is 21.3 Å². The highest BCUT2D eigenvalue weighted by molar-refractivity contribution is 5.86. The molecule has 6 heteroatoms. The van der Waals surface area contributed by atoms with Crippen LogP contribution in [-0.4, -0.2) is 38.2 Å². The SMILES string of the molecule is CN(C)c1ccc(-c2nc(N)nc(-c3ccc(N(C)C)cc3)c2N)cc1. The fraction of sp³-hybridized carbons (Fsp3) is 0.200. The van der Waals surface area contributed by atoms with Crippen LogP contribution >= 0.6 is 0 Å². The maximum absolute atomic E-state index is 6.41. The Hall–Kier alpha value is -3.28. The van der Waals surface area contributed by atoms with E-state index in [-0.39, 0.29) is 5.95 Å². The third-order valence-electron chi connectivity index (χ3n) is 4.28.